The van der Waals surface area contributed by atoms with Crippen molar-refractivity contribution in [2.75, 3.05) is 11.4 Å². The first-order chi connectivity index (χ1) is 9.17. The Balaban J connectivity index is 1.87. The fourth-order valence-electron chi connectivity index (χ4n) is 3.64. The standard InChI is InChI=1S/C16H23ClN2/c1-2-14(18)9-12-8-13(17)4-6-16(12)19-10-11-3-5-15(19)7-11/h4,6,8,11,14-15H,2-3,5,7,9-10,18H2,1H3. The molecule has 2 N–H and O–H groups in total. The van der Waals surface area contributed by atoms with Crippen LogP contribution in [-0.2, 0) is 6.42 Å². The highest BCUT2D eigenvalue weighted by Crippen LogP contribution is 2.41. The molecule has 2 nitrogen and oxygen atoms in total. The summed E-state index contributed by atoms with van der Waals surface area (Å²) in [4.78, 5) is 2.60. The number of benzene rings is 1. The summed E-state index contributed by atoms with van der Waals surface area (Å²) < 4.78 is 0. The number of fused-ring (bicyclic) bond motifs is 2. The monoisotopic (exact) mass is 278 g/mol. The molecule has 2 bridgehead atoms. The van der Waals surface area contributed by atoms with Gasteiger partial charge in [0, 0.05) is 29.3 Å². The van der Waals surface area contributed by atoms with E-state index in [1.54, 1.807) is 0 Å². The number of hydrogen-bond acceptors (Lipinski definition) is 2. The number of nitrogens with two attached hydrogens (primary N) is 1. The molecule has 1 saturated heterocycles. The lowest BCUT2D eigenvalue weighted by Gasteiger charge is -2.31. The van der Waals surface area contributed by atoms with E-state index in [1.165, 1.54) is 37.1 Å². The molecule has 0 spiro atoms. The third-order valence-electron chi connectivity index (χ3n) is 4.77. The van der Waals surface area contributed by atoms with Gasteiger partial charge in [-0.05, 0) is 61.8 Å². The molecule has 3 rings (SSSR count). The summed E-state index contributed by atoms with van der Waals surface area (Å²) in [6.07, 6.45) is 6.09. The van der Waals surface area contributed by atoms with Crippen molar-refractivity contribution in [2.24, 2.45) is 11.7 Å². The lowest BCUT2D eigenvalue weighted by Crippen LogP contribution is -2.33. The maximum absolute atomic E-state index is 6.17. The lowest BCUT2D eigenvalue weighted by molar-refractivity contribution is 0.551. The molecule has 3 heteroatoms. The van der Waals surface area contributed by atoms with E-state index in [0.717, 1.165) is 29.8 Å². The molecule has 104 valence electrons. The van der Waals surface area contributed by atoms with Crippen LogP contribution in [0.3, 0.4) is 0 Å². The largest absolute Gasteiger partial charge is 0.368 e. The van der Waals surface area contributed by atoms with Gasteiger partial charge in [0.05, 0.1) is 0 Å². The first kappa shape index (κ1) is 13.3. The molecule has 19 heavy (non-hydrogen) atoms. The summed E-state index contributed by atoms with van der Waals surface area (Å²) >= 11 is 6.17. The Hall–Kier alpha value is -0.730. The van der Waals surface area contributed by atoms with E-state index in [4.69, 9.17) is 17.3 Å². The van der Waals surface area contributed by atoms with Crippen molar-refractivity contribution >= 4 is 17.3 Å². The minimum Gasteiger partial charge on any atom is -0.368 e. The van der Waals surface area contributed by atoms with Crippen LogP contribution in [0.25, 0.3) is 0 Å². The number of anilines is 1. The van der Waals surface area contributed by atoms with Crippen molar-refractivity contribution in [3.05, 3.63) is 28.8 Å². The summed E-state index contributed by atoms with van der Waals surface area (Å²) in [5.41, 5.74) is 8.84. The quantitative estimate of drug-likeness (QED) is 0.912. The van der Waals surface area contributed by atoms with Gasteiger partial charge in [0.15, 0.2) is 0 Å². The van der Waals surface area contributed by atoms with Crippen LogP contribution < -0.4 is 10.6 Å². The second-order valence-electron chi connectivity index (χ2n) is 6.13. The van der Waals surface area contributed by atoms with Gasteiger partial charge in [0.2, 0.25) is 0 Å². The third kappa shape index (κ3) is 2.61. The second-order valence-corrected chi connectivity index (χ2v) is 6.57. The fraction of sp³-hybridized carbons (Fsp3) is 0.625. The molecule has 0 aromatic heterocycles. The zero-order valence-electron chi connectivity index (χ0n) is 11.6. The molecular weight excluding hydrogens is 256 g/mol. The highest BCUT2D eigenvalue weighted by Gasteiger charge is 2.38. The van der Waals surface area contributed by atoms with Gasteiger partial charge < -0.3 is 10.6 Å². The lowest BCUT2D eigenvalue weighted by atomic mass is 10.0. The van der Waals surface area contributed by atoms with E-state index >= 15 is 0 Å². The molecule has 1 aromatic rings. The summed E-state index contributed by atoms with van der Waals surface area (Å²) in [5, 5.41) is 0.825. The fourth-order valence-corrected chi connectivity index (χ4v) is 3.84. The zero-order valence-corrected chi connectivity index (χ0v) is 12.4. The molecule has 1 aliphatic carbocycles. The Morgan fingerprint density at radius 1 is 1.42 bits per heavy atom. The first-order valence-corrected chi connectivity index (χ1v) is 7.85. The molecule has 3 atom stereocenters. The molecule has 0 amide bonds. The second kappa shape index (κ2) is 5.34. The maximum Gasteiger partial charge on any atom is 0.0410 e. The van der Waals surface area contributed by atoms with E-state index < -0.39 is 0 Å². The van der Waals surface area contributed by atoms with Crippen molar-refractivity contribution in [3.63, 3.8) is 0 Å². The average Bonchev–Trinajstić information content (AvgIpc) is 3.01. The van der Waals surface area contributed by atoms with Crippen molar-refractivity contribution in [1.82, 2.24) is 0 Å². The van der Waals surface area contributed by atoms with Crippen LogP contribution in [-0.4, -0.2) is 18.6 Å². The third-order valence-corrected chi connectivity index (χ3v) is 5.00. The summed E-state index contributed by atoms with van der Waals surface area (Å²) in [6, 6.07) is 7.31. The van der Waals surface area contributed by atoms with Crippen molar-refractivity contribution in [2.45, 2.75) is 51.1 Å². The van der Waals surface area contributed by atoms with Crippen LogP contribution in [0.5, 0.6) is 0 Å². The number of hydrogen-bond donors (Lipinski definition) is 1. The molecule has 0 radical (unpaired) electrons. The Bertz CT molecular complexity index is 460. The average molecular weight is 279 g/mol. The first-order valence-electron chi connectivity index (χ1n) is 7.48. The van der Waals surface area contributed by atoms with Crippen molar-refractivity contribution in [3.8, 4) is 0 Å². The Morgan fingerprint density at radius 3 is 2.89 bits per heavy atom. The topological polar surface area (TPSA) is 29.3 Å². The van der Waals surface area contributed by atoms with Crippen LogP contribution in [0.1, 0.15) is 38.2 Å². The van der Waals surface area contributed by atoms with Crippen LogP contribution in [0.4, 0.5) is 5.69 Å². The van der Waals surface area contributed by atoms with Gasteiger partial charge in [-0.25, -0.2) is 0 Å². The Labute approximate surface area is 120 Å². The van der Waals surface area contributed by atoms with E-state index in [-0.39, 0.29) is 6.04 Å². The van der Waals surface area contributed by atoms with Gasteiger partial charge in [-0.15, -0.1) is 0 Å². The molecule has 2 aliphatic rings. The number of rotatable bonds is 4. The van der Waals surface area contributed by atoms with Crippen LogP contribution >= 0.6 is 11.6 Å². The number of nitrogens with zero attached hydrogens (tertiary/aromatic N) is 1. The molecule has 1 aliphatic heterocycles. The molecular formula is C16H23ClN2. The normalized spacial score (nSPS) is 27.0. The van der Waals surface area contributed by atoms with Crippen molar-refractivity contribution in [1.29, 1.82) is 0 Å². The Kier molecular flexibility index (Phi) is 3.72. The molecule has 2 fully saturated rings. The predicted molar refractivity (Wildman–Crippen MR) is 81.9 cm³/mol. The van der Waals surface area contributed by atoms with Gasteiger partial charge in [-0.3, -0.25) is 0 Å². The van der Waals surface area contributed by atoms with Gasteiger partial charge >= 0.3 is 0 Å². The molecule has 1 aromatic carbocycles. The van der Waals surface area contributed by atoms with E-state index in [0.29, 0.717) is 0 Å². The van der Waals surface area contributed by atoms with E-state index in [9.17, 15) is 0 Å². The predicted octanol–water partition coefficient (Wildman–Crippen LogP) is 3.61. The summed E-state index contributed by atoms with van der Waals surface area (Å²) in [7, 11) is 0. The maximum atomic E-state index is 6.17. The SMILES string of the molecule is CCC(N)Cc1cc(Cl)ccc1N1CC2CCC1C2. The molecule has 1 heterocycles. The smallest absolute Gasteiger partial charge is 0.0410 e. The highest BCUT2D eigenvalue weighted by atomic mass is 35.5. The zero-order chi connectivity index (χ0) is 13.4. The highest BCUT2D eigenvalue weighted by molar-refractivity contribution is 6.30. The molecule has 3 unspecified atom stereocenters. The number of halogens is 1. The summed E-state index contributed by atoms with van der Waals surface area (Å²) in [5.74, 6) is 0.911. The minimum absolute atomic E-state index is 0.233. The van der Waals surface area contributed by atoms with Crippen molar-refractivity contribution < 1.29 is 0 Å². The van der Waals surface area contributed by atoms with Crippen LogP contribution in [0.2, 0.25) is 5.02 Å². The van der Waals surface area contributed by atoms with E-state index in [2.05, 4.69) is 24.0 Å². The van der Waals surface area contributed by atoms with Gasteiger partial charge in [0.1, 0.15) is 0 Å². The number of piperidine rings is 1. The van der Waals surface area contributed by atoms with E-state index in [1.807, 2.05) is 6.07 Å². The Morgan fingerprint density at radius 2 is 2.26 bits per heavy atom. The minimum atomic E-state index is 0.233. The van der Waals surface area contributed by atoms with Gasteiger partial charge in [0.25, 0.3) is 0 Å². The van der Waals surface area contributed by atoms with Crippen LogP contribution in [0.15, 0.2) is 18.2 Å². The molecule has 1 saturated carbocycles. The van der Waals surface area contributed by atoms with Gasteiger partial charge in [-0.2, -0.15) is 0 Å². The summed E-state index contributed by atoms with van der Waals surface area (Å²) in [6.45, 7) is 3.37. The van der Waals surface area contributed by atoms with Gasteiger partial charge in [-0.1, -0.05) is 18.5 Å². The van der Waals surface area contributed by atoms with Crippen LogP contribution in [0, 0.1) is 5.92 Å².